The molecule has 2 saturated heterocycles. The lowest BCUT2D eigenvalue weighted by Crippen LogP contribution is -2.44. The van der Waals surface area contributed by atoms with E-state index in [1.807, 2.05) is 0 Å². The van der Waals surface area contributed by atoms with Gasteiger partial charge in [-0.05, 0) is 79.6 Å². The van der Waals surface area contributed by atoms with E-state index in [0.717, 1.165) is 13.0 Å². The van der Waals surface area contributed by atoms with Crippen LogP contribution in [0.2, 0.25) is 0 Å². The van der Waals surface area contributed by atoms with Crippen molar-refractivity contribution in [3.8, 4) is 0 Å². The van der Waals surface area contributed by atoms with Crippen LogP contribution in [0.15, 0.2) is 0 Å². The molecule has 0 saturated carbocycles. The van der Waals surface area contributed by atoms with Gasteiger partial charge in [0.15, 0.2) is 0 Å². The van der Waals surface area contributed by atoms with Crippen LogP contribution < -0.4 is 5.32 Å². The molecule has 1 atom stereocenters. The van der Waals surface area contributed by atoms with E-state index < -0.39 is 0 Å². The van der Waals surface area contributed by atoms with Crippen LogP contribution in [0.25, 0.3) is 0 Å². The SMILES string of the molecule is CC1(C)CC(NCCCN2CCCC2)C(C)(C)O1. The summed E-state index contributed by atoms with van der Waals surface area (Å²) in [7, 11) is 0. The first-order valence-corrected chi connectivity index (χ1v) is 7.55. The van der Waals surface area contributed by atoms with E-state index in [1.165, 1.54) is 38.9 Å². The van der Waals surface area contributed by atoms with Crippen LogP contribution in [0.5, 0.6) is 0 Å². The minimum Gasteiger partial charge on any atom is -0.368 e. The van der Waals surface area contributed by atoms with Crippen LogP contribution >= 0.6 is 0 Å². The monoisotopic (exact) mass is 254 g/mol. The van der Waals surface area contributed by atoms with E-state index in [2.05, 4.69) is 37.9 Å². The Bertz CT molecular complexity index is 270. The smallest absolute Gasteiger partial charge is 0.0787 e. The van der Waals surface area contributed by atoms with Gasteiger partial charge in [0.25, 0.3) is 0 Å². The van der Waals surface area contributed by atoms with E-state index in [1.54, 1.807) is 0 Å². The van der Waals surface area contributed by atoms with Gasteiger partial charge in [0, 0.05) is 6.04 Å². The van der Waals surface area contributed by atoms with Crippen LogP contribution in [-0.2, 0) is 4.74 Å². The lowest BCUT2D eigenvalue weighted by molar-refractivity contribution is -0.0698. The highest BCUT2D eigenvalue weighted by Gasteiger charge is 2.45. The Hall–Kier alpha value is -0.120. The summed E-state index contributed by atoms with van der Waals surface area (Å²) in [5.74, 6) is 0. The van der Waals surface area contributed by atoms with Crippen LogP contribution in [0.3, 0.4) is 0 Å². The number of likely N-dealkylation sites (tertiary alicyclic amines) is 1. The minimum absolute atomic E-state index is 0.0239. The molecule has 106 valence electrons. The molecule has 2 heterocycles. The van der Waals surface area contributed by atoms with Gasteiger partial charge in [-0.15, -0.1) is 0 Å². The summed E-state index contributed by atoms with van der Waals surface area (Å²) in [5.41, 5.74) is -0.00668. The highest BCUT2D eigenvalue weighted by Crippen LogP contribution is 2.37. The Morgan fingerprint density at radius 1 is 1.17 bits per heavy atom. The number of hydrogen-bond donors (Lipinski definition) is 1. The fourth-order valence-corrected chi connectivity index (χ4v) is 3.47. The maximum absolute atomic E-state index is 6.11. The van der Waals surface area contributed by atoms with Crippen molar-refractivity contribution in [2.75, 3.05) is 26.2 Å². The van der Waals surface area contributed by atoms with Gasteiger partial charge in [0.05, 0.1) is 11.2 Å². The average molecular weight is 254 g/mol. The largest absolute Gasteiger partial charge is 0.368 e. The molecule has 2 aliphatic heterocycles. The van der Waals surface area contributed by atoms with Crippen molar-refractivity contribution in [1.82, 2.24) is 10.2 Å². The molecule has 0 aliphatic carbocycles. The summed E-state index contributed by atoms with van der Waals surface area (Å²) >= 11 is 0. The first-order chi connectivity index (χ1) is 8.39. The molecule has 0 radical (unpaired) electrons. The Morgan fingerprint density at radius 3 is 2.39 bits per heavy atom. The average Bonchev–Trinajstić information content (AvgIpc) is 2.79. The zero-order valence-corrected chi connectivity index (χ0v) is 12.6. The molecule has 0 aromatic heterocycles. The van der Waals surface area contributed by atoms with Crippen LogP contribution in [0.1, 0.15) is 53.4 Å². The van der Waals surface area contributed by atoms with Gasteiger partial charge in [-0.2, -0.15) is 0 Å². The predicted molar refractivity (Wildman–Crippen MR) is 75.9 cm³/mol. The summed E-state index contributed by atoms with van der Waals surface area (Å²) in [6.07, 6.45) is 5.16. The topological polar surface area (TPSA) is 24.5 Å². The maximum atomic E-state index is 6.11. The third-order valence-corrected chi connectivity index (χ3v) is 4.31. The number of ether oxygens (including phenoxy) is 1. The molecule has 0 bridgehead atoms. The maximum Gasteiger partial charge on any atom is 0.0787 e. The van der Waals surface area contributed by atoms with E-state index in [4.69, 9.17) is 4.74 Å². The van der Waals surface area contributed by atoms with Crippen molar-refractivity contribution in [2.45, 2.75) is 70.6 Å². The molecule has 18 heavy (non-hydrogen) atoms. The van der Waals surface area contributed by atoms with E-state index in [-0.39, 0.29) is 11.2 Å². The Balaban J connectivity index is 1.67. The molecule has 3 heteroatoms. The Labute approximate surface area is 112 Å². The molecule has 2 aliphatic rings. The molecule has 0 aromatic carbocycles. The summed E-state index contributed by atoms with van der Waals surface area (Å²) in [6, 6.07) is 0.492. The molecule has 2 fully saturated rings. The standard InChI is InChI=1S/C15H30N2O/c1-14(2)12-13(15(3,4)18-14)16-8-7-11-17-9-5-6-10-17/h13,16H,5-12H2,1-4H3. The van der Waals surface area contributed by atoms with Gasteiger partial charge >= 0.3 is 0 Å². The number of rotatable bonds is 5. The quantitative estimate of drug-likeness (QED) is 0.763. The van der Waals surface area contributed by atoms with Crippen LogP contribution in [0, 0.1) is 0 Å². The van der Waals surface area contributed by atoms with Crippen molar-refractivity contribution in [1.29, 1.82) is 0 Å². The molecule has 1 N–H and O–H groups in total. The molecule has 0 spiro atoms. The third-order valence-electron chi connectivity index (χ3n) is 4.31. The molecular weight excluding hydrogens is 224 g/mol. The fourth-order valence-electron chi connectivity index (χ4n) is 3.47. The number of nitrogens with one attached hydrogen (secondary N) is 1. The molecular formula is C15H30N2O. The molecule has 3 nitrogen and oxygen atoms in total. The minimum atomic E-state index is -0.0306. The predicted octanol–water partition coefficient (Wildman–Crippen LogP) is 2.41. The molecule has 1 unspecified atom stereocenters. The van der Waals surface area contributed by atoms with Crippen LogP contribution in [-0.4, -0.2) is 48.3 Å². The van der Waals surface area contributed by atoms with Gasteiger partial charge in [-0.3, -0.25) is 0 Å². The zero-order chi connectivity index (χ0) is 13.2. The summed E-state index contributed by atoms with van der Waals surface area (Å²) in [4.78, 5) is 2.59. The second-order valence-corrected chi connectivity index (χ2v) is 7.08. The second-order valence-electron chi connectivity index (χ2n) is 7.08. The third kappa shape index (κ3) is 3.69. The summed E-state index contributed by atoms with van der Waals surface area (Å²) in [6.45, 7) is 13.8. The van der Waals surface area contributed by atoms with Gasteiger partial charge in [0.2, 0.25) is 0 Å². The van der Waals surface area contributed by atoms with E-state index in [9.17, 15) is 0 Å². The molecule has 0 aromatic rings. The fraction of sp³-hybridized carbons (Fsp3) is 1.00. The molecule has 2 rings (SSSR count). The zero-order valence-electron chi connectivity index (χ0n) is 12.6. The van der Waals surface area contributed by atoms with Gasteiger partial charge in [-0.25, -0.2) is 0 Å². The number of nitrogens with zero attached hydrogens (tertiary/aromatic N) is 1. The molecule has 0 amide bonds. The van der Waals surface area contributed by atoms with Crippen LogP contribution in [0.4, 0.5) is 0 Å². The summed E-state index contributed by atoms with van der Waals surface area (Å²) < 4.78 is 6.11. The van der Waals surface area contributed by atoms with Crippen molar-refractivity contribution in [2.24, 2.45) is 0 Å². The Kier molecular flexibility index (Phi) is 4.35. The lowest BCUT2D eigenvalue weighted by Gasteiger charge is -2.28. The van der Waals surface area contributed by atoms with Crippen molar-refractivity contribution >= 4 is 0 Å². The highest BCUT2D eigenvalue weighted by atomic mass is 16.5. The van der Waals surface area contributed by atoms with E-state index >= 15 is 0 Å². The normalized spacial score (nSPS) is 31.0. The second kappa shape index (κ2) is 5.48. The number of hydrogen-bond acceptors (Lipinski definition) is 3. The van der Waals surface area contributed by atoms with Gasteiger partial charge in [-0.1, -0.05) is 0 Å². The first kappa shape index (κ1) is 14.3. The summed E-state index contributed by atoms with van der Waals surface area (Å²) in [5, 5.41) is 3.70. The van der Waals surface area contributed by atoms with Gasteiger partial charge < -0.3 is 15.0 Å². The van der Waals surface area contributed by atoms with Crippen molar-refractivity contribution in [3.63, 3.8) is 0 Å². The van der Waals surface area contributed by atoms with Crippen molar-refractivity contribution < 1.29 is 4.74 Å². The first-order valence-electron chi connectivity index (χ1n) is 7.55. The lowest BCUT2D eigenvalue weighted by atomic mass is 9.94. The van der Waals surface area contributed by atoms with Crippen molar-refractivity contribution in [3.05, 3.63) is 0 Å². The Morgan fingerprint density at radius 2 is 1.83 bits per heavy atom. The van der Waals surface area contributed by atoms with Gasteiger partial charge in [0.1, 0.15) is 0 Å². The highest BCUT2D eigenvalue weighted by molar-refractivity contribution is 4.98. The van der Waals surface area contributed by atoms with E-state index in [0.29, 0.717) is 6.04 Å².